The monoisotopic (exact) mass is 372 g/mol. The lowest BCUT2D eigenvalue weighted by molar-refractivity contribution is -0.140. The highest BCUT2D eigenvalue weighted by molar-refractivity contribution is 5.76. The quantitative estimate of drug-likeness (QED) is 0.616. The Bertz CT molecular complexity index is 791. The van der Waals surface area contributed by atoms with Crippen LogP contribution in [0, 0.1) is 27.7 Å². The van der Waals surface area contributed by atoms with Gasteiger partial charge in [-0.25, -0.2) is 0 Å². The van der Waals surface area contributed by atoms with Crippen molar-refractivity contribution in [1.29, 1.82) is 0 Å². The van der Waals surface area contributed by atoms with E-state index in [2.05, 4.69) is 0 Å². The molecule has 0 unspecified atom stereocenters. The number of rotatable bonds is 6. The number of aromatic hydroxyl groups is 2. The van der Waals surface area contributed by atoms with Crippen LogP contribution in [0.1, 0.15) is 46.2 Å². The lowest BCUT2D eigenvalue weighted by Gasteiger charge is -2.34. The van der Waals surface area contributed by atoms with Gasteiger partial charge >= 0.3 is 11.9 Å². The summed E-state index contributed by atoms with van der Waals surface area (Å²) < 4.78 is 0. The average Bonchev–Trinajstić information content (AvgIpc) is 2.55. The molecule has 0 spiro atoms. The van der Waals surface area contributed by atoms with E-state index in [1.165, 1.54) is 0 Å². The fraction of sp³-hybridized carbons (Fsp3) is 0.333. The molecule has 4 N–H and O–H groups in total. The molecule has 27 heavy (non-hydrogen) atoms. The van der Waals surface area contributed by atoms with Gasteiger partial charge in [-0.3, -0.25) is 9.59 Å². The summed E-state index contributed by atoms with van der Waals surface area (Å²) in [6, 6.07) is 6.52. The van der Waals surface area contributed by atoms with Crippen molar-refractivity contribution in [3.05, 3.63) is 57.6 Å². The largest absolute Gasteiger partial charge is 0.507 e. The molecule has 0 fully saturated rings. The second-order valence-electron chi connectivity index (χ2n) is 7.14. The summed E-state index contributed by atoms with van der Waals surface area (Å²) in [5, 5.41) is 39.3. The first-order valence-electron chi connectivity index (χ1n) is 8.53. The minimum atomic E-state index is -1.34. The molecule has 2 rings (SSSR count). The number of hydrogen-bond donors (Lipinski definition) is 4. The first kappa shape index (κ1) is 20.3. The number of benzene rings is 2. The summed E-state index contributed by atoms with van der Waals surface area (Å²) in [4.78, 5) is 23.4. The fourth-order valence-corrected chi connectivity index (χ4v) is 3.62. The van der Waals surface area contributed by atoms with Gasteiger partial charge in [0.2, 0.25) is 0 Å². The van der Waals surface area contributed by atoms with Crippen LogP contribution in [0.15, 0.2) is 24.3 Å². The fourth-order valence-electron chi connectivity index (χ4n) is 3.62. The van der Waals surface area contributed by atoms with Crippen LogP contribution in [0.2, 0.25) is 0 Å². The maximum Gasteiger partial charge on any atom is 0.304 e. The predicted molar refractivity (Wildman–Crippen MR) is 100 cm³/mol. The van der Waals surface area contributed by atoms with Crippen molar-refractivity contribution in [2.45, 2.75) is 46.0 Å². The van der Waals surface area contributed by atoms with E-state index < -0.39 is 30.2 Å². The molecular formula is C21H24O6. The minimum absolute atomic E-state index is 0.0939. The summed E-state index contributed by atoms with van der Waals surface area (Å²) >= 11 is 0. The number of carboxylic acid groups (broad SMARTS) is 2. The number of hydrogen-bond acceptors (Lipinski definition) is 4. The molecule has 0 bridgehead atoms. The van der Waals surface area contributed by atoms with Crippen molar-refractivity contribution < 1.29 is 30.0 Å². The molecule has 144 valence electrons. The van der Waals surface area contributed by atoms with Gasteiger partial charge in [0.15, 0.2) is 0 Å². The zero-order valence-electron chi connectivity index (χ0n) is 15.8. The van der Waals surface area contributed by atoms with Gasteiger partial charge in [-0.2, -0.15) is 0 Å². The predicted octanol–water partition coefficient (Wildman–Crippen LogP) is 3.57. The van der Waals surface area contributed by atoms with E-state index in [-0.39, 0.29) is 11.5 Å². The number of phenols is 2. The molecule has 0 aliphatic rings. The van der Waals surface area contributed by atoms with E-state index >= 15 is 0 Å². The van der Waals surface area contributed by atoms with E-state index in [9.17, 15) is 30.0 Å². The Hall–Kier alpha value is -3.02. The minimum Gasteiger partial charge on any atom is -0.507 e. The lowest BCUT2D eigenvalue weighted by Crippen LogP contribution is -2.34. The zero-order valence-corrected chi connectivity index (χ0v) is 15.8. The van der Waals surface area contributed by atoms with Gasteiger partial charge in [-0.05, 0) is 61.1 Å². The van der Waals surface area contributed by atoms with Gasteiger partial charge in [0.05, 0.1) is 12.8 Å². The zero-order chi connectivity index (χ0) is 20.5. The molecule has 0 atom stereocenters. The molecule has 0 amide bonds. The Labute approximate surface area is 157 Å². The van der Waals surface area contributed by atoms with E-state index in [0.717, 1.165) is 0 Å². The van der Waals surface area contributed by atoms with Crippen LogP contribution in [0.4, 0.5) is 0 Å². The number of phenolic OH excluding ortho intramolecular Hbond substituents is 2. The van der Waals surface area contributed by atoms with Crippen LogP contribution in [-0.2, 0) is 15.0 Å². The third-order valence-corrected chi connectivity index (χ3v) is 4.99. The molecule has 0 aliphatic carbocycles. The number of carboxylic acids is 2. The second-order valence-corrected chi connectivity index (χ2v) is 7.14. The molecule has 0 saturated carbocycles. The number of aryl methyl sites for hydroxylation is 4. The normalized spacial score (nSPS) is 11.4. The molecule has 0 saturated heterocycles. The highest BCUT2D eigenvalue weighted by Gasteiger charge is 2.40. The van der Waals surface area contributed by atoms with Crippen LogP contribution >= 0.6 is 0 Å². The second kappa shape index (κ2) is 7.31. The van der Waals surface area contributed by atoms with Crippen molar-refractivity contribution in [2.75, 3.05) is 0 Å². The summed E-state index contributed by atoms with van der Waals surface area (Å²) in [6.07, 6.45) is -0.876. The number of carbonyl (C=O) groups is 2. The first-order chi connectivity index (χ1) is 12.5. The number of aliphatic carboxylic acids is 2. The summed E-state index contributed by atoms with van der Waals surface area (Å²) in [6.45, 7) is 6.74. The van der Waals surface area contributed by atoms with Gasteiger partial charge in [-0.15, -0.1) is 0 Å². The van der Waals surface area contributed by atoms with Crippen LogP contribution in [-0.4, -0.2) is 32.4 Å². The molecule has 0 heterocycles. The van der Waals surface area contributed by atoms with Crippen molar-refractivity contribution in [3.63, 3.8) is 0 Å². The van der Waals surface area contributed by atoms with Crippen LogP contribution in [0.5, 0.6) is 11.5 Å². The Morgan fingerprint density at radius 2 is 0.963 bits per heavy atom. The average molecular weight is 372 g/mol. The van der Waals surface area contributed by atoms with Crippen molar-refractivity contribution in [2.24, 2.45) is 0 Å². The molecular weight excluding hydrogens is 348 g/mol. The lowest BCUT2D eigenvalue weighted by atomic mass is 9.68. The van der Waals surface area contributed by atoms with Crippen LogP contribution in [0.3, 0.4) is 0 Å². The Morgan fingerprint density at radius 3 is 1.19 bits per heavy atom. The molecule has 0 aliphatic heterocycles. The van der Waals surface area contributed by atoms with Gasteiger partial charge in [0, 0.05) is 5.41 Å². The van der Waals surface area contributed by atoms with Gasteiger partial charge in [0.1, 0.15) is 11.5 Å². The third-order valence-electron chi connectivity index (χ3n) is 4.99. The smallest absolute Gasteiger partial charge is 0.304 e. The molecule has 6 nitrogen and oxygen atoms in total. The van der Waals surface area contributed by atoms with Gasteiger partial charge in [0.25, 0.3) is 0 Å². The summed E-state index contributed by atoms with van der Waals surface area (Å²) in [7, 11) is 0. The first-order valence-corrected chi connectivity index (χ1v) is 8.53. The molecule has 0 aromatic heterocycles. The molecule has 6 heteroatoms. The highest BCUT2D eigenvalue weighted by Crippen LogP contribution is 2.43. The van der Waals surface area contributed by atoms with Crippen LogP contribution < -0.4 is 0 Å². The van der Waals surface area contributed by atoms with Gasteiger partial charge in [-0.1, -0.05) is 24.3 Å². The Balaban J connectivity index is 2.89. The SMILES string of the molecule is Cc1cc(C(CC(=O)O)(CC(=O)O)c2cc(C)c(O)c(C)c2)cc(C)c1O. The third kappa shape index (κ3) is 3.89. The maximum atomic E-state index is 11.7. The molecule has 2 aromatic rings. The Morgan fingerprint density at radius 1 is 0.704 bits per heavy atom. The Kier molecular flexibility index (Phi) is 5.49. The topological polar surface area (TPSA) is 115 Å². The van der Waals surface area contributed by atoms with E-state index in [0.29, 0.717) is 33.4 Å². The van der Waals surface area contributed by atoms with E-state index in [1.54, 1.807) is 52.0 Å². The van der Waals surface area contributed by atoms with Crippen molar-refractivity contribution in [3.8, 4) is 11.5 Å². The maximum absolute atomic E-state index is 11.7. The summed E-state index contributed by atoms with van der Waals surface area (Å²) in [5.41, 5.74) is 1.82. The molecule has 2 aromatic carbocycles. The van der Waals surface area contributed by atoms with Crippen molar-refractivity contribution >= 4 is 11.9 Å². The van der Waals surface area contributed by atoms with Crippen LogP contribution in [0.25, 0.3) is 0 Å². The van der Waals surface area contributed by atoms with E-state index in [1.807, 2.05) is 0 Å². The molecule has 0 radical (unpaired) electrons. The van der Waals surface area contributed by atoms with E-state index in [4.69, 9.17) is 0 Å². The highest BCUT2D eigenvalue weighted by atomic mass is 16.4. The van der Waals surface area contributed by atoms with Gasteiger partial charge < -0.3 is 20.4 Å². The summed E-state index contributed by atoms with van der Waals surface area (Å²) in [5.74, 6) is -2.08. The van der Waals surface area contributed by atoms with Crippen molar-refractivity contribution in [1.82, 2.24) is 0 Å². The standard InChI is InChI=1S/C21H24O6/c1-11-5-15(6-12(2)19(11)26)21(9-17(22)23,10-18(24)25)16-7-13(3)20(27)14(4)8-16/h5-8,26-27H,9-10H2,1-4H3,(H,22,23)(H,24,25).